The molecule has 0 fully saturated rings. The number of carbonyl (C=O) groups excluding carboxylic acids is 1. The molecule has 0 amide bonds. The third-order valence-corrected chi connectivity index (χ3v) is 2.98. The van der Waals surface area contributed by atoms with Crippen LogP contribution in [0, 0.1) is 11.3 Å². The number of nitrogens with zero attached hydrogens (tertiary/aromatic N) is 1. The Morgan fingerprint density at radius 1 is 1.19 bits per heavy atom. The quantitative estimate of drug-likeness (QED) is 0.631. The topological polar surface area (TPSA) is 50.1 Å². The molecule has 104 valence electrons. The van der Waals surface area contributed by atoms with Crippen molar-refractivity contribution in [3.8, 4) is 17.2 Å². The van der Waals surface area contributed by atoms with Crippen LogP contribution in [0.3, 0.4) is 0 Å². The van der Waals surface area contributed by atoms with Gasteiger partial charge < -0.3 is 4.74 Å². The monoisotopic (exact) mass is 277 g/mol. The van der Waals surface area contributed by atoms with Gasteiger partial charge in [0.05, 0.1) is 18.2 Å². The Morgan fingerprint density at radius 2 is 1.95 bits per heavy atom. The minimum Gasteiger partial charge on any atom is -0.463 e. The fourth-order valence-corrected chi connectivity index (χ4v) is 2.05. The standard InChI is InChI=1S/C18H15NO2/c1-2-21-18(20)12-11-17-15(13-19)9-6-10-16(17)14-7-4-3-5-8-14/h3-12H,2H2,1H3. The first-order valence-corrected chi connectivity index (χ1v) is 6.69. The SMILES string of the molecule is CCOC(=O)C=Cc1c(C#N)cccc1-c1ccccc1. The highest BCUT2D eigenvalue weighted by Gasteiger charge is 2.08. The van der Waals surface area contributed by atoms with Gasteiger partial charge in [-0.3, -0.25) is 0 Å². The van der Waals surface area contributed by atoms with E-state index in [4.69, 9.17) is 4.74 Å². The molecule has 0 saturated carbocycles. The van der Waals surface area contributed by atoms with Crippen LogP contribution in [-0.4, -0.2) is 12.6 Å². The molecule has 0 spiro atoms. The minimum atomic E-state index is -0.413. The van der Waals surface area contributed by atoms with Crippen LogP contribution in [0.1, 0.15) is 18.1 Å². The number of esters is 1. The summed E-state index contributed by atoms with van der Waals surface area (Å²) in [7, 11) is 0. The van der Waals surface area contributed by atoms with Crippen LogP contribution >= 0.6 is 0 Å². The first-order chi connectivity index (χ1) is 10.3. The number of carbonyl (C=O) groups is 1. The molecule has 3 nitrogen and oxygen atoms in total. The number of ether oxygens (including phenoxy) is 1. The van der Waals surface area contributed by atoms with Crippen LogP contribution in [-0.2, 0) is 9.53 Å². The second-order valence-corrected chi connectivity index (χ2v) is 4.33. The molecule has 0 aliphatic carbocycles. The summed E-state index contributed by atoms with van der Waals surface area (Å²) in [6.45, 7) is 2.08. The molecular weight excluding hydrogens is 262 g/mol. The predicted molar refractivity (Wildman–Crippen MR) is 82.3 cm³/mol. The van der Waals surface area contributed by atoms with Crippen molar-refractivity contribution in [2.75, 3.05) is 6.61 Å². The average Bonchev–Trinajstić information content (AvgIpc) is 2.53. The van der Waals surface area contributed by atoms with E-state index in [1.165, 1.54) is 6.08 Å². The van der Waals surface area contributed by atoms with Crippen molar-refractivity contribution in [1.82, 2.24) is 0 Å². The lowest BCUT2D eigenvalue weighted by atomic mass is 9.95. The molecule has 0 unspecified atom stereocenters. The molecule has 0 atom stereocenters. The number of hydrogen-bond acceptors (Lipinski definition) is 3. The molecule has 0 aliphatic rings. The van der Waals surface area contributed by atoms with Gasteiger partial charge in [-0.1, -0.05) is 42.5 Å². The van der Waals surface area contributed by atoms with Gasteiger partial charge in [0.2, 0.25) is 0 Å². The summed E-state index contributed by atoms with van der Waals surface area (Å²) in [5.74, 6) is -0.413. The zero-order chi connectivity index (χ0) is 15.1. The van der Waals surface area contributed by atoms with Gasteiger partial charge in [0.25, 0.3) is 0 Å². The molecule has 0 heterocycles. The van der Waals surface area contributed by atoms with Crippen molar-refractivity contribution < 1.29 is 9.53 Å². The molecule has 0 aliphatic heterocycles. The zero-order valence-corrected chi connectivity index (χ0v) is 11.7. The molecule has 0 radical (unpaired) electrons. The highest BCUT2D eigenvalue weighted by atomic mass is 16.5. The van der Waals surface area contributed by atoms with Crippen molar-refractivity contribution in [3.05, 3.63) is 65.7 Å². The lowest BCUT2D eigenvalue weighted by Gasteiger charge is -2.08. The maximum absolute atomic E-state index is 11.5. The Labute approximate surface area is 124 Å². The van der Waals surface area contributed by atoms with Gasteiger partial charge in [-0.25, -0.2) is 4.79 Å². The number of benzene rings is 2. The Balaban J connectivity index is 2.48. The van der Waals surface area contributed by atoms with Gasteiger partial charge >= 0.3 is 5.97 Å². The predicted octanol–water partition coefficient (Wildman–Crippen LogP) is 3.80. The number of rotatable bonds is 4. The van der Waals surface area contributed by atoms with Gasteiger partial charge in [0, 0.05) is 11.6 Å². The first-order valence-electron chi connectivity index (χ1n) is 6.69. The van der Waals surface area contributed by atoms with Crippen LogP contribution in [0.2, 0.25) is 0 Å². The van der Waals surface area contributed by atoms with Gasteiger partial charge in [-0.2, -0.15) is 5.26 Å². The second-order valence-electron chi connectivity index (χ2n) is 4.33. The van der Waals surface area contributed by atoms with E-state index in [1.807, 2.05) is 42.5 Å². The maximum atomic E-state index is 11.5. The van der Waals surface area contributed by atoms with E-state index in [1.54, 1.807) is 19.1 Å². The molecule has 0 aromatic heterocycles. The van der Waals surface area contributed by atoms with Crippen molar-refractivity contribution in [1.29, 1.82) is 5.26 Å². The Hall–Kier alpha value is -2.86. The average molecular weight is 277 g/mol. The highest BCUT2D eigenvalue weighted by Crippen LogP contribution is 2.27. The van der Waals surface area contributed by atoms with E-state index in [0.717, 1.165) is 16.7 Å². The molecule has 2 rings (SSSR count). The smallest absolute Gasteiger partial charge is 0.330 e. The Morgan fingerprint density at radius 3 is 2.62 bits per heavy atom. The van der Waals surface area contributed by atoms with Crippen molar-refractivity contribution in [2.24, 2.45) is 0 Å². The summed E-state index contributed by atoms with van der Waals surface area (Å²) in [6.07, 6.45) is 2.99. The largest absolute Gasteiger partial charge is 0.463 e. The Bertz CT molecular complexity index is 697. The van der Waals surface area contributed by atoms with E-state index in [0.29, 0.717) is 12.2 Å². The zero-order valence-electron chi connectivity index (χ0n) is 11.7. The van der Waals surface area contributed by atoms with E-state index in [2.05, 4.69) is 6.07 Å². The van der Waals surface area contributed by atoms with E-state index in [-0.39, 0.29) is 0 Å². The molecular formula is C18H15NO2. The first kappa shape index (κ1) is 14.5. The van der Waals surface area contributed by atoms with Crippen LogP contribution < -0.4 is 0 Å². The van der Waals surface area contributed by atoms with Crippen LogP contribution in [0.15, 0.2) is 54.6 Å². The molecule has 0 saturated heterocycles. The van der Waals surface area contributed by atoms with Gasteiger partial charge in [-0.05, 0) is 30.2 Å². The van der Waals surface area contributed by atoms with Crippen LogP contribution in [0.25, 0.3) is 17.2 Å². The minimum absolute atomic E-state index is 0.328. The van der Waals surface area contributed by atoms with Crippen LogP contribution in [0.5, 0.6) is 0 Å². The normalized spacial score (nSPS) is 10.3. The highest BCUT2D eigenvalue weighted by molar-refractivity contribution is 5.90. The summed E-state index contributed by atoms with van der Waals surface area (Å²) in [6, 6.07) is 17.4. The molecule has 21 heavy (non-hydrogen) atoms. The fourth-order valence-electron chi connectivity index (χ4n) is 2.05. The van der Waals surface area contributed by atoms with E-state index in [9.17, 15) is 10.1 Å². The molecule has 0 bridgehead atoms. The summed E-state index contributed by atoms with van der Waals surface area (Å²) in [5.41, 5.74) is 3.16. The summed E-state index contributed by atoms with van der Waals surface area (Å²) in [5, 5.41) is 9.26. The maximum Gasteiger partial charge on any atom is 0.330 e. The summed E-state index contributed by atoms with van der Waals surface area (Å²) >= 11 is 0. The lowest BCUT2D eigenvalue weighted by Crippen LogP contribution is -1.99. The third kappa shape index (κ3) is 3.58. The second kappa shape index (κ2) is 7.06. The number of nitriles is 1. The van der Waals surface area contributed by atoms with E-state index < -0.39 is 5.97 Å². The lowest BCUT2D eigenvalue weighted by molar-refractivity contribution is -0.137. The summed E-state index contributed by atoms with van der Waals surface area (Å²) < 4.78 is 4.87. The van der Waals surface area contributed by atoms with Crippen LogP contribution in [0.4, 0.5) is 0 Å². The van der Waals surface area contributed by atoms with Crippen molar-refractivity contribution >= 4 is 12.0 Å². The fraction of sp³-hybridized carbons (Fsp3) is 0.111. The van der Waals surface area contributed by atoms with Crippen molar-refractivity contribution in [2.45, 2.75) is 6.92 Å². The van der Waals surface area contributed by atoms with Gasteiger partial charge in [0.1, 0.15) is 0 Å². The molecule has 2 aromatic rings. The molecule has 0 N–H and O–H groups in total. The molecule has 2 aromatic carbocycles. The van der Waals surface area contributed by atoms with Gasteiger partial charge in [0.15, 0.2) is 0 Å². The summed E-state index contributed by atoms with van der Waals surface area (Å²) in [4.78, 5) is 11.5. The Kier molecular flexibility index (Phi) is 4.89. The third-order valence-electron chi connectivity index (χ3n) is 2.98. The van der Waals surface area contributed by atoms with E-state index >= 15 is 0 Å². The number of hydrogen-bond donors (Lipinski definition) is 0. The van der Waals surface area contributed by atoms with Gasteiger partial charge in [-0.15, -0.1) is 0 Å². The van der Waals surface area contributed by atoms with Crippen molar-refractivity contribution in [3.63, 3.8) is 0 Å². The molecule has 3 heteroatoms.